The van der Waals surface area contributed by atoms with Gasteiger partial charge in [0.1, 0.15) is 0 Å². The van der Waals surface area contributed by atoms with Gasteiger partial charge in [0.05, 0.1) is 5.69 Å². The second-order valence-corrected chi connectivity index (χ2v) is 6.71. The molecule has 2 aromatic rings. The van der Waals surface area contributed by atoms with Gasteiger partial charge in [-0.2, -0.15) is 0 Å². The third-order valence-electron chi connectivity index (χ3n) is 5.00. The van der Waals surface area contributed by atoms with Gasteiger partial charge in [-0.25, -0.2) is 0 Å². The molecular weight excluding hydrogens is 350 g/mol. The topological polar surface area (TPSA) is 46.6 Å². The van der Waals surface area contributed by atoms with Gasteiger partial charge in [0, 0.05) is 30.9 Å². The molecule has 3 heterocycles. The highest BCUT2D eigenvalue weighted by atomic mass is 35.5. The van der Waals surface area contributed by atoms with Crippen molar-refractivity contribution in [2.24, 2.45) is 0 Å². The first-order chi connectivity index (χ1) is 12.4. The van der Waals surface area contributed by atoms with Crippen LogP contribution in [0.4, 0.5) is 0 Å². The maximum atomic E-state index is 5.72. The second kappa shape index (κ2) is 9.21. The molecule has 2 aliphatic rings. The van der Waals surface area contributed by atoms with Gasteiger partial charge in [0.15, 0.2) is 11.5 Å². The van der Waals surface area contributed by atoms with E-state index in [-0.39, 0.29) is 12.4 Å². The number of nitrogens with one attached hydrogen (secondary N) is 1. The molecule has 2 aliphatic heterocycles. The zero-order valence-corrected chi connectivity index (χ0v) is 15.7. The molecule has 140 valence electrons. The minimum absolute atomic E-state index is 0. The number of aromatic nitrogens is 1. The summed E-state index contributed by atoms with van der Waals surface area (Å²) in [6, 6.07) is 12.9. The fraction of sp³-hybridized carbons (Fsp3) is 0.450. The predicted octanol–water partition coefficient (Wildman–Crippen LogP) is 3.38. The summed E-state index contributed by atoms with van der Waals surface area (Å²) in [5, 5.41) is 3.51. The van der Waals surface area contributed by atoms with Gasteiger partial charge in [-0.1, -0.05) is 18.2 Å². The predicted molar refractivity (Wildman–Crippen MR) is 104 cm³/mol. The maximum Gasteiger partial charge on any atom is 0.231 e. The Kier molecular flexibility index (Phi) is 6.72. The largest absolute Gasteiger partial charge is 0.454 e. The Bertz CT molecular complexity index is 691. The number of halogens is 1. The molecule has 26 heavy (non-hydrogen) atoms. The number of fused-ring (bicyclic) bond motifs is 1. The van der Waals surface area contributed by atoms with Crippen molar-refractivity contribution in [2.75, 3.05) is 19.9 Å². The molecule has 6 heteroatoms. The lowest BCUT2D eigenvalue weighted by Crippen LogP contribution is -2.35. The van der Waals surface area contributed by atoms with Gasteiger partial charge in [0.25, 0.3) is 0 Å². The molecule has 5 nitrogen and oxygen atoms in total. The average molecular weight is 376 g/mol. The Balaban J connectivity index is 0.00000196. The van der Waals surface area contributed by atoms with Crippen LogP contribution in [-0.2, 0) is 13.1 Å². The van der Waals surface area contributed by atoms with Crippen LogP contribution in [0.5, 0.6) is 11.5 Å². The summed E-state index contributed by atoms with van der Waals surface area (Å²) in [6.45, 7) is 4.23. The van der Waals surface area contributed by atoms with Gasteiger partial charge < -0.3 is 14.8 Å². The number of nitrogens with zero attached hydrogens (tertiary/aromatic N) is 2. The van der Waals surface area contributed by atoms with E-state index >= 15 is 0 Å². The van der Waals surface area contributed by atoms with E-state index in [1.54, 1.807) is 0 Å². The van der Waals surface area contributed by atoms with Gasteiger partial charge in [0.2, 0.25) is 6.79 Å². The van der Waals surface area contributed by atoms with Crippen molar-refractivity contribution in [3.8, 4) is 11.5 Å². The molecule has 1 aromatic carbocycles. The molecular formula is C20H26ClN3O2. The van der Waals surface area contributed by atoms with Crippen LogP contribution in [0, 0.1) is 0 Å². The zero-order chi connectivity index (χ0) is 16.9. The molecule has 1 fully saturated rings. The number of pyridine rings is 1. The molecule has 0 saturated carbocycles. The van der Waals surface area contributed by atoms with Crippen LogP contribution in [-0.4, -0.2) is 35.8 Å². The normalized spacial score (nSPS) is 19.0. The third kappa shape index (κ3) is 4.47. The van der Waals surface area contributed by atoms with E-state index in [0.29, 0.717) is 12.8 Å². The zero-order valence-electron chi connectivity index (χ0n) is 14.9. The van der Waals surface area contributed by atoms with E-state index in [4.69, 9.17) is 9.47 Å². The van der Waals surface area contributed by atoms with Crippen molar-refractivity contribution in [2.45, 2.75) is 38.4 Å². The Labute approximate surface area is 161 Å². The highest BCUT2D eigenvalue weighted by molar-refractivity contribution is 5.85. The standard InChI is InChI=1S/C20H25N3O2.ClH/c1-2-11-22-17(6-1)14-23(18-7-4-10-21-12-9-18)13-16-5-3-8-19-20(16)25-15-24-19;/h1-3,5-6,8,11,18,21H,4,7,9-10,12-15H2;1H. The summed E-state index contributed by atoms with van der Waals surface area (Å²) in [6.07, 6.45) is 5.47. The molecule has 1 unspecified atom stereocenters. The molecule has 1 aromatic heterocycles. The monoisotopic (exact) mass is 375 g/mol. The number of benzene rings is 1. The van der Waals surface area contributed by atoms with Gasteiger partial charge in [-0.3, -0.25) is 9.88 Å². The fourth-order valence-electron chi connectivity index (χ4n) is 3.71. The first-order valence-corrected chi connectivity index (χ1v) is 9.12. The number of ether oxygens (including phenoxy) is 2. The summed E-state index contributed by atoms with van der Waals surface area (Å²) in [4.78, 5) is 7.09. The minimum atomic E-state index is 0. The summed E-state index contributed by atoms with van der Waals surface area (Å²) >= 11 is 0. The van der Waals surface area contributed by atoms with Crippen LogP contribution in [0.25, 0.3) is 0 Å². The smallest absolute Gasteiger partial charge is 0.231 e. The lowest BCUT2D eigenvalue weighted by molar-refractivity contribution is 0.154. The van der Waals surface area contributed by atoms with Crippen LogP contribution in [0.3, 0.4) is 0 Å². The van der Waals surface area contributed by atoms with E-state index in [9.17, 15) is 0 Å². The second-order valence-electron chi connectivity index (χ2n) is 6.71. The molecule has 0 aliphatic carbocycles. The van der Waals surface area contributed by atoms with Crippen molar-refractivity contribution < 1.29 is 9.47 Å². The molecule has 1 N–H and O–H groups in total. The number of para-hydroxylation sites is 1. The lowest BCUT2D eigenvalue weighted by atomic mass is 10.0. The van der Waals surface area contributed by atoms with E-state index < -0.39 is 0 Å². The van der Waals surface area contributed by atoms with Crippen molar-refractivity contribution in [3.63, 3.8) is 0 Å². The molecule has 1 saturated heterocycles. The number of hydrogen-bond donors (Lipinski definition) is 1. The minimum Gasteiger partial charge on any atom is -0.454 e. The summed E-state index contributed by atoms with van der Waals surface area (Å²) in [5.74, 6) is 1.76. The van der Waals surface area contributed by atoms with Crippen molar-refractivity contribution >= 4 is 12.4 Å². The molecule has 0 amide bonds. The molecule has 0 spiro atoms. The van der Waals surface area contributed by atoms with Gasteiger partial charge >= 0.3 is 0 Å². The summed E-state index contributed by atoms with van der Waals surface area (Å²) in [7, 11) is 0. The fourth-order valence-corrected chi connectivity index (χ4v) is 3.71. The van der Waals surface area contributed by atoms with Crippen LogP contribution in [0.1, 0.15) is 30.5 Å². The lowest BCUT2D eigenvalue weighted by Gasteiger charge is -2.31. The number of rotatable bonds is 5. The van der Waals surface area contributed by atoms with Crippen molar-refractivity contribution in [1.82, 2.24) is 15.2 Å². The molecule has 4 rings (SSSR count). The third-order valence-corrected chi connectivity index (χ3v) is 5.00. The molecule has 0 radical (unpaired) electrons. The van der Waals surface area contributed by atoms with E-state index in [2.05, 4.69) is 39.5 Å². The van der Waals surface area contributed by atoms with Crippen LogP contribution in [0.2, 0.25) is 0 Å². The van der Waals surface area contributed by atoms with Crippen LogP contribution >= 0.6 is 12.4 Å². The van der Waals surface area contributed by atoms with Gasteiger partial charge in [-0.15, -0.1) is 12.4 Å². The Hall–Kier alpha value is -1.82. The number of hydrogen-bond acceptors (Lipinski definition) is 5. The highest BCUT2D eigenvalue weighted by Crippen LogP contribution is 2.36. The maximum absolute atomic E-state index is 5.72. The first kappa shape index (κ1) is 19.0. The molecule has 0 bridgehead atoms. The highest BCUT2D eigenvalue weighted by Gasteiger charge is 2.24. The summed E-state index contributed by atoms with van der Waals surface area (Å²) < 4.78 is 11.3. The van der Waals surface area contributed by atoms with Crippen molar-refractivity contribution in [3.05, 3.63) is 53.9 Å². The van der Waals surface area contributed by atoms with E-state index in [1.165, 1.54) is 24.8 Å². The summed E-state index contributed by atoms with van der Waals surface area (Å²) in [5.41, 5.74) is 2.31. The van der Waals surface area contributed by atoms with Crippen molar-refractivity contribution in [1.29, 1.82) is 0 Å². The van der Waals surface area contributed by atoms with Gasteiger partial charge in [-0.05, 0) is 50.6 Å². The van der Waals surface area contributed by atoms with Crippen LogP contribution in [0.15, 0.2) is 42.6 Å². The van der Waals surface area contributed by atoms with E-state index in [1.807, 2.05) is 18.3 Å². The van der Waals surface area contributed by atoms with E-state index in [0.717, 1.165) is 43.4 Å². The average Bonchev–Trinajstić information content (AvgIpc) is 2.97. The SMILES string of the molecule is Cl.c1ccc(CN(Cc2cccc3c2OCO3)C2CCCNCC2)nc1. The first-order valence-electron chi connectivity index (χ1n) is 9.12. The Morgan fingerprint density at radius 2 is 2.00 bits per heavy atom. The molecule has 1 atom stereocenters. The Morgan fingerprint density at radius 1 is 1.04 bits per heavy atom. The van der Waals surface area contributed by atoms with Crippen LogP contribution < -0.4 is 14.8 Å². The quantitative estimate of drug-likeness (QED) is 0.868. The Morgan fingerprint density at radius 3 is 2.88 bits per heavy atom.